The Hall–Kier alpha value is -4.51. The predicted octanol–water partition coefficient (Wildman–Crippen LogP) is 3.42. The summed E-state index contributed by atoms with van der Waals surface area (Å²) >= 11 is 0. The molecule has 0 aliphatic heterocycles. The molecule has 8 heteroatoms. The maximum absolute atomic E-state index is 13.0. The molecule has 0 bridgehead atoms. The number of hydrogen-bond acceptors (Lipinski definition) is 5. The van der Waals surface area contributed by atoms with Crippen LogP contribution in [0.5, 0.6) is 0 Å². The second-order valence-corrected chi connectivity index (χ2v) is 6.84. The summed E-state index contributed by atoms with van der Waals surface area (Å²) in [6.45, 7) is 0. The Bertz CT molecular complexity index is 1440. The van der Waals surface area contributed by atoms with Crippen molar-refractivity contribution in [3.05, 3.63) is 78.5 Å². The Kier molecular flexibility index (Phi) is 4.00. The molecule has 0 fully saturated rings. The number of nitrogens with one attached hydrogen (secondary N) is 1. The van der Waals surface area contributed by atoms with Crippen LogP contribution in [0.25, 0.3) is 27.8 Å². The highest BCUT2D eigenvalue weighted by atomic mass is 16.2. The van der Waals surface area contributed by atoms with Gasteiger partial charge in [-0.1, -0.05) is 6.07 Å². The molecule has 0 unspecified atom stereocenters. The Morgan fingerprint density at radius 2 is 1.93 bits per heavy atom. The lowest BCUT2D eigenvalue weighted by Gasteiger charge is -2.17. The number of H-pyrrole nitrogens is 1. The molecular weight excluding hydrogens is 378 g/mol. The van der Waals surface area contributed by atoms with E-state index in [0.29, 0.717) is 16.9 Å². The zero-order chi connectivity index (χ0) is 20.7. The molecule has 3 aromatic heterocycles. The van der Waals surface area contributed by atoms with Crippen LogP contribution in [-0.4, -0.2) is 37.5 Å². The van der Waals surface area contributed by atoms with E-state index < -0.39 is 0 Å². The summed E-state index contributed by atoms with van der Waals surface area (Å²) in [6.07, 6.45) is 6.81. The fourth-order valence-electron chi connectivity index (χ4n) is 3.36. The van der Waals surface area contributed by atoms with Crippen LogP contribution in [0.4, 0.5) is 5.69 Å². The van der Waals surface area contributed by atoms with Crippen LogP contribution < -0.4 is 4.90 Å². The molecule has 30 heavy (non-hydrogen) atoms. The number of imidazole rings is 1. The maximum atomic E-state index is 13.0. The molecule has 0 atom stereocenters. The number of nitriles is 1. The lowest BCUT2D eigenvalue weighted by atomic mass is 10.1. The van der Waals surface area contributed by atoms with Crippen LogP contribution in [0.1, 0.15) is 16.1 Å². The molecule has 0 aliphatic rings. The second kappa shape index (κ2) is 6.83. The van der Waals surface area contributed by atoms with Gasteiger partial charge in [-0.05, 0) is 36.4 Å². The van der Waals surface area contributed by atoms with Gasteiger partial charge in [-0.3, -0.25) is 14.3 Å². The molecule has 0 aliphatic carbocycles. The van der Waals surface area contributed by atoms with E-state index in [4.69, 9.17) is 5.26 Å². The van der Waals surface area contributed by atoms with E-state index in [1.807, 2.05) is 22.6 Å². The van der Waals surface area contributed by atoms with Gasteiger partial charge in [0.1, 0.15) is 5.69 Å². The first kappa shape index (κ1) is 17.6. The van der Waals surface area contributed by atoms with Crippen LogP contribution >= 0.6 is 0 Å². The maximum Gasteiger partial charge on any atom is 0.278 e. The molecular formula is C22H15N7O. The molecule has 1 N–H and O–H groups in total. The third kappa shape index (κ3) is 2.86. The molecule has 5 rings (SSSR count). The largest absolute Gasteiger partial charge is 0.310 e. The minimum Gasteiger partial charge on any atom is -0.310 e. The SMILES string of the molecule is CN(C(=O)c1cn2c(-c3ccc4[nH]ncc4c3)cnc2cn1)c1ccc(C#N)cc1. The van der Waals surface area contributed by atoms with E-state index in [1.165, 1.54) is 4.90 Å². The summed E-state index contributed by atoms with van der Waals surface area (Å²) in [7, 11) is 1.68. The van der Waals surface area contributed by atoms with Crippen molar-refractivity contribution in [3.8, 4) is 17.3 Å². The molecule has 0 saturated carbocycles. The van der Waals surface area contributed by atoms with Crippen molar-refractivity contribution >= 4 is 28.1 Å². The van der Waals surface area contributed by atoms with Gasteiger partial charge < -0.3 is 4.90 Å². The minimum absolute atomic E-state index is 0.258. The molecule has 1 amide bonds. The quantitative estimate of drug-likeness (QED) is 0.506. The van der Waals surface area contributed by atoms with Gasteiger partial charge in [-0.15, -0.1) is 0 Å². The topological polar surface area (TPSA) is 103 Å². The number of hydrogen-bond donors (Lipinski definition) is 1. The fraction of sp³-hybridized carbons (Fsp3) is 0.0455. The highest BCUT2D eigenvalue weighted by Gasteiger charge is 2.17. The molecule has 0 saturated heterocycles. The van der Waals surface area contributed by atoms with Gasteiger partial charge in [-0.25, -0.2) is 9.97 Å². The third-order valence-electron chi connectivity index (χ3n) is 5.04. The van der Waals surface area contributed by atoms with Crippen LogP contribution in [0.3, 0.4) is 0 Å². The molecule has 5 aromatic rings. The van der Waals surface area contributed by atoms with Crippen molar-refractivity contribution in [2.24, 2.45) is 0 Å². The zero-order valence-corrected chi connectivity index (χ0v) is 15.9. The van der Waals surface area contributed by atoms with Crippen molar-refractivity contribution in [1.82, 2.24) is 24.6 Å². The van der Waals surface area contributed by atoms with Gasteiger partial charge in [0.25, 0.3) is 5.91 Å². The zero-order valence-electron chi connectivity index (χ0n) is 15.9. The molecule has 3 heterocycles. The summed E-state index contributed by atoms with van der Waals surface area (Å²) in [5.41, 5.74) is 4.92. The van der Waals surface area contributed by atoms with Gasteiger partial charge in [0.2, 0.25) is 0 Å². The van der Waals surface area contributed by atoms with Crippen molar-refractivity contribution < 1.29 is 4.79 Å². The highest BCUT2D eigenvalue weighted by molar-refractivity contribution is 6.04. The van der Waals surface area contributed by atoms with E-state index in [2.05, 4.69) is 26.2 Å². The Balaban J connectivity index is 1.53. The molecule has 0 spiro atoms. The number of rotatable bonds is 3. The van der Waals surface area contributed by atoms with E-state index in [0.717, 1.165) is 22.2 Å². The van der Waals surface area contributed by atoms with Gasteiger partial charge in [0, 0.05) is 29.9 Å². The van der Waals surface area contributed by atoms with E-state index in [1.54, 1.807) is 56.1 Å². The first-order chi connectivity index (χ1) is 14.6. The number of amides is 1. The molecule has 8 nitrogen and oxygen atoms in total. The summed E-state index contributed by atoms with van der Waals surface area (Å²) in [6, 6.07) is 14.9. The van der Waals surface area contributed by atoms with E-state index in [9.17, 15) is 4.79 Å². The smallest absolute Gasteiger partial charge is 0.278 e. The number of fused-ring (bicyclic) bond motifs is 2. The number of aromatic amines is 1. The van der Waals surface area contributed by atoms with Crippen molar-refractivity contribution in [2.75, 3.05) is 11.9 Å². The average Bonchev–Trinajstić information content (AvgIpc) is 3.44. The summed E-state index contributed by atoms with van der Waals surface area (Å²) < 4.78 is 1.86. The Labute approximate surface area is 171 Å². The van der Waals surface area contributed by atoms with Gasteiger partial charge in [0.05, 0.1) is 41.4 Å². The summed E-state index contributed by atoms with van der Waals surface area (Å²) in [5, 5.41) is 16.9. The summed E-state index contributed by atoms with van der Waals surface area (Å²) in [4.78, 5) is 23.2. The van der Waals surface area contributed by atoms with Crippen LogP contribution in [0, 0.1) is 11.3 Å². The third-order valence-corrected chi connectivity index (χ3v) is 5.04. The first-order valence-corrected chi connectivity index (χ1v) is 9.19. The molecule has 2 aromatic carbocycles. The standard InChI is InChI=1S/C22H15N7O/c1-28(17-5-2-14(9-23)3-6-17)22(30)19-13-29-20(11-25-21(29)12-24-19)15-4-7-18-16(8-15)10-26-27-18/h2-8,10-13H,1H3,(H,26,27). The van der Waals surface area contributed by atoms with E-state index in [-0.39, 0.29) is 11.6 Å². The van der Waals surface area contributed by atoms with Crippen LogP contribution in [-0.2, 0) is 0 Å². The predicted molar refractivity (Wildman–Crippen MR) is 112 cm³/mol. The number of carbonyl (C=O) groups is 1. The van der Waals surface area contributed by atoms with Gasteiger partial charge >= 0.3 is 0 Å². The van der Waals surface area contributed by atoms with Gasteiger partial charge in [0.15, 0.2) is 5.65 Å². The number of anilines is 1. The number of carbonyl (C=O) groups excluding carboxylic acids is 1. The number of aromatic nitrogens is 5. The van der Waals surface area contributed by atoms with Gasteiger partial charge in [-0.2, -0.15) is 10.4 Å². The first-order valence-electron chi connectivity index (χ1n) is 9.19. The number of benzene rings is 2. The van der Waals surface area contributed by atoms with Crippen molar-refractivity contribution in [3.63, 3.8) is 0 Å². The molecule has 144 valence electrons. The van der Waals surface area contributed by atoms with Crippen LogP contribution in [0.2, 0.25) is 0 Å². The lowest BCUT2D eigenvalue weighted by Crippen LogP contribution is -2.27. The highest BCUT2D eigenvalue weighted by Crippen LogP contribution is 2.25. The Morgan fingerprint density at radius 1 is 1.10 bits per heavy atom. The fourth-order valence-corrected chi connectivity index (χ4v) is 3.36. The van der Waals surface area contributed by atoms with Crippen molar-refractivity contribution in [2.45, 2.75) is 0 Å². The average molecular weight is 393 g/mol. The minimum atomic E-state index is -0.258. The number of nitrogens with zero attached hydrogens (tertiary/aromatic N) is 6. The van der Waals surface area contributed by atoms with E-state index >= 15 is 0 Å². The van der Waals surface area contributed by atoms with Crippen LogP contribution in [0.15, 0.2) is 67.3 Å². The normalized spacial score (nSPS) is 10.9. The second-order valence-electron chi connectivity index (χ2n) is 6.84. The monoisotopic (exact) mass is 393 g/mol. The van der Waals surface area contributed by atoms with Crippen molar-refractivity contribution in [1.29, 1.82) is 5.26 Å². The molecule has 0 radical (unpaired) electrons. The summed E-state index contributed by atoms with van der Waals surface area (Å²) in [5.74, 6) is -0.258. The lowest BCUT2D eigenvalue weighted by molar-refractivity contribution is 0.0988. The Morgan fingerprint density at radius 3 is 2.73 bits per heavy atom.